The van der Waals surface area contributed by atoms with Gasteiger partial charge in [0.05, 0.1) is 0 Å². The van der Waals surface area contributed by atoms with Crippen LogP contribution in [-0.4, -0.2) is 24.1 Å². The number of carbonyl (C=O) groups is 1. The van der Waals surface area contributed by atoms with Crippen LogP contribution in [0.15, 0.2) is 0 Å². The van der Waals surface area contributed by atoms with Crippen LogP contribution in [0.5, 0.6) is 0 Å². The molecule has 1 amide bonds. The van der Waals surface area contributed by atoms with Crippen LogP contribution >= 0.6 is 0 Å². The van der Waals surface area contributed by atoms with E-state index in [-0.39, 0.29) is 6.09 Å². The molecule has 0 atom stereocenters. The second-order valence-electron chi connectivity index (χ2n) is 2.75. The fourth-order valence-electron chi connectivity index (χ4n) is 1.16. The molecule has 0 N–H and O–H groups in total. The molecule has 1 heterocycles. The zero-order valence-corrected chi connectivity index (χ0v) is 9.50. The van der Waals surface area contributed by atoms with Crippen molar-refractivity contribution in [1.29, 1.82) is 0 Å². The maximum atomic E-state index is 11.1. The third kappa shape index (κ3) is 2.15. The van der Waals surface area contributed by atoms with Crippen molar-refractivity contribution in [3.05, 3.63) is 6.10 Å². The van der Waals surface area contributed by atoms with Gasteiger partial charge in [0.1, 0.15) is 0 Å². The molecule has 79 valence electrons. The number of hydrogen-bond donors (Lipinski definition) is 0. The summed E-state index contributed by atoms with van der Waals surface area (Å²) >= 11 is 0. The number of nitrogens with zero attached hydrogens (tertiary/aromatic N) is 1. The summed E-state index contributed by atoms with van der Waals surface area (Å²) in [5.74, 6) is 0. The predicted octanol–water partition coefficient (Wildman–Crippen LogP) is 1.79. The Labute approximate surface area is 67.3 Å². The van der Waals surface area contributed by atoms with Gasteiger partial charge in [0.15, 0.2) is 0 Å². The molecule has 0 bridgehead atoms. The first-order chi connectivity index (χ1) is 5.24. The van der Waals surface area contributed by atoms with Gasteiger partial charge in [0.25, 0.3) is 0 Å². The molecular formula is C8H14LrNO2-. The van der Waals surface area contributed by atoms with Crippen LogP contribution in [0.1, 0.15) is 26.7 Å². The van der Waals surface area contributed by atoms with Crippen LogP contribution in [0.25, 0.3) is 0 Å². The van der Waals surface area contributed by atoms with Gasteiger partial charge in [-0.25, -0.2) is 4.79 Å². The third-order valence-corrected chi connectivity index (χ3v) is 1.86. The van der Waals surface area contributed by atoms with Crippen molar-refractivity contribution in [2.45, 2.75) is 26.7 Å². The molecule has 0 unspecified atom stereocenters. The second-order valence-corrected chi connectivity index (χ2v) is 2.75. The fraction of sp³-hybridized carbons (Fsp3) is 0.750. The molecule has 1 aliphatic heterocycles. The Balaban J connectivity index is 0.00000121. The first-order valence-electron chi connectivity index (χ1n) is 4.03. The van der Waals surface area contributed by atoms with E-state index in [1.54, 1.807) is 4.90 Å². The molecule has 1 rings (SSSR count). The van der Waals surface area contributed by atoms with E-state index in [1.165, 1.54) is 0 Å². The Kier molecular flexibility index (Phi) is 3.60. The standard InChI is InChI=1S/C8H14NO2.Lr/c1-3-9-6-4-5-7(2)11-8(9)10;/h3-6H2,1-2H3;/q-1;. The monoisotopic (exact) mass is 418 g/mol. The molecule has 0 spiro atoms. The van der Waals surface area contributed by atoms with E-state index < -0.39 is 0 Å². The molecule has 0 aromatic heterocycles. The van der Waals surface area contributed by atoms with Gasteiger partial charge in [-0.05, 0) is 6.92 Å². The molecule has 1 aliphatic rings. The van der Waals surface area contributed by atoms with E-state index in [0.717, 1.165) is 32.0 Å². The van der Waals surface area contributed by atoms with E-state index in [9.17, 15) is 4.79 Å². The summed E-state index contributed by atoms with van der Waals surface area (Å²) in [6.45, 7) is 5.39. The number of rotatable bonds is 1. The van der Waals surface area contributed by atoms with Crippen LogP contribution in [0.4, 0.5) is 4.79 Å². The minimum Gasteiger partial charge on any atom is -0.618 e. The zero-order valence-electron chi connectivity index (χ0n) is 7.35. The van der Waals surface area contributed by atoms with Crippen molar-refractivity contribution < 1.29 is 9.53 Å². The van der Waals surface area contributed by atoms with Crippen LogP contribution in [0.3, 0.4) is 0 Å². The summed E-state index contributed by atoms with van der Waals surface area (Å²) in [6.07, 6.45) is 2.57. The summed E-state index contributed by atoms with van der Waals surface area (Å²) < 4.78 is 5.02. The van der Waals surface area contributed by atoms with E-state index >= 15 is 0 Å². The van der Waals surface area contributed by atoms with Crippen molar-refractivity contribution in [3.8, 4) is 0 Å². The molecule has 4 heteroatoms. The summed E-state index contributed by atoms with van der Waals surface area (Å²) in [7, 11) is 0. The quantitative estimate of drug-likeness (QED) is 0.608. The summed E-state index contributed by atoms with van der Waals surface area (Å²) in [4.78, 5) is 12.9. The van der Waals surface area contributed by atoms with Crippen molar-refractivity contribution in [2.24, 2.45) is 0 Å². The van der Waals surface area contributed by atoms with E-state index in [2.05, 4.69) is 0 Å². The number of hydrogen-bond acceptors (Lipinski definition) is 2. The molecule has 3 nitrogen and oxygen atoms in total. The topological polar surface area (TPSA) is 29.5 Å². The van der Waals surface area contributed by atoms with Gasteiger partial charge in [-0.3, -0.25) is 0 Å². The molecule has 0 aliphatic carbocycles. The van der Waals surface area contributed by atoms with Crippen LogP contribution < -0.4 is 0 Å². The Morgan fingerprint density at radius 2 is 2.33 bits per heavy atom. The average molecular weight is 418 g/mol. The number of ether oxygens (including phenoxy) is 1. The fourth-order valence-corrected chi connectivity index (χ4v) is 1.16. The second kappa shape index (κ2) is 4.21. The average Bonchev–Trinajstić information content (AvgIpc) is 2.11. The molecule has 1 radical (unpaired) electrons. The smallest absolute Gasteiger partial charge is 0.378 e. The maximum absolute atomic E-state index is 11.1. The van der Waals surface area contributed by atoms with Crippen LogP contribution in [0.2, 0.25) is 0 Å². The third-order valence-electron chi connectivity index (χ3n) is 1.86. The van der Waals surface area contributed by atoms with Gasteiger partial charge < -0.3 is 9.64 Å². The minimum absolute atomic E-state index is 0. The molecule has 1 fully saturated rings. The summed E-state index contributed by atoms with van der Waals surface area (Å²) in [5.41, 5.74) is 0. The number of cyclic esters (lactones) is 1. The number of carbonyl (C=O) groups excluding carboxylic acids is 1. The molecule has 0 aromatic rings. The normalized spacial score (nSPS) is 19.5. The summed E-state index contributed by atoms with van der Waals surface area (Å²) in [6, 6.07) is 0. The van der Waals surface area contributed by atoms with Crippen molar-refractivity contribution in [3.63, 3.8) is 0 Å². The SMILES string of the molecule is CCN1CCC[C-](C)OC1=O.[Lr]. The van der Waals surface area contributed by atoms with Crippen molar-refractivity contribution in [2.75, 3.05) is 13.1 Å². The van der Waals surface area contributed by atoms with Gasteiger partial charge in [-0.1, -0.05) is 6.42 Å². The van der Waals surface area contributed by atoms with Gasteiger partial charge in [-0.15, -0.1) is 12.5 Å². The minimum atomic E-state index is -0.192. The molecule has 1 saturated heterocycles. The molecule has 12 heavy (non-hydrogen) atoms. The Hall–Kier alpha value is -1.73. The van der Waals surface area contributed by atoms with Gasteiger partial charge in [-0.2, -0.15) is 6.92 Å². The van der Waals surface area contributed by atoms with Crippen molar-refractivity contribution >= 4 is 6.09 Å². The summed E-state index contributed by atoms with van der Waals surface area (Å²) in [5, 5.41) is 0. The van der Waals surface area contributed by atoms with Gasteiger partial charge in [0.2, 0.25) is 0 Å². The first kappa shape index (κ1) is 10.3. The Bertz CT molecular complexity index is 152. The zero-order chi connectivity index (χ0) is 8.27. The van der Waals surface area contributed by atoms with Crippen molar-refractivity contribution in [1.82, 2.24) is 4.90 Å². The van der Waals surface area contributed by atoms with E-state index in [4.69, 9.17) is 4.74 Å². The Morgan fingerprint density at radius 3 is 2.92 bits per heavy atom. The predicted molar refractivity (Wildman–Crippen MR) is 41.9 cm³/mol. The van der Waals surface area contributed by atoms with E-state index in [0.29, 0.717) is 0 Å². The maximum Gasteiger partial charge on any atom is 0.378 e. The molecule has 0 aromatic carbocycles. The molecule has 0 saturated carbocycles. The first-order valence-corrected chi connectivity index (χ1v) is 4.03. The van der Waals surface area contributed by atoms with Gasteiger partial charge in [0, 0.05) is 13.1 Å². The van der Waals surface area contributed by atoms with E-state index in [1.807, 2.05) is 13.8 Å². The Morgan fingerprint density at radius 1 is 1.67 bits per heavy atom. The van der Waals surface area contributed by atoms with Crippen LogP contribution in [0, 0.1) is 6.10 Å². The molecular weight excluding hydrogens is 404 g/mol. The largest absolute Gasteiger partial charge is 0.618 e. The van der Waals surface area contributed by atoms with Gasteiger partial charge >= 0.3 is 6.09 Å². The number of amides is 1. The van der Waals surface area contributed by atoms with Crippen LogP contribution in [-0.2, 0) is 4.74 Å².